The van der Waals surface area contributed by atoms with Crippen LogP contribution in [0, 0.1) is 0 Å². The summed E-state index contributed by atoms with van der Waals surface area (Å²) >= 11 is 0. The van der Waals surface area contributed by atoms with Crippen LogP contribution in [0.2, 0.25) is 0 Å². The first-order valence-electron chi connectivity index (χ1n) is 12.3. The van der Waals surface area contributed by atoms with Crippen molar-refractivity contribution in [2.45, 2.75) is 103 Å². The molecule has 0 aliphatic rings. The predicted molar refractivity (Wildman–Crippen MR) is 130 cm³/mol. The maximum atomic E-state index is 14.5. The molecule has 36 heavy (non-hydrogen) atoms. The van der Waals surface area contributed by atoms with Gasteiger partial charge in [0, 0.05) is 0 Å². The van der Waals surface area contributed by atoms with Crippen molar-refractivity contribution in [3.63, 3.8) is 0 Å². The van der Waals surface area contributed by atoms with Crippen LogP contribution in [0.3, 0.4) is 0 Å². The summed E-state index contributed by atoms with van der Waals surface area (Å²) in [5.41, 5.74) is -7.21. The zero-order valence-corrected chi connectivity index (χ0v) is 21.7. The fourth-order valence-corrected chi connectivity index (χ4v) is 4.32. The molecule has 2 aromatic carbocycles. The second-order valence-electron chi connectivity index (χ2n) is 9.71. The van der Waals surface area contributed by atoms with Gasteiger partial charge in [-0.2, -0.15) is 26.3 Å². The van der Waals surface area contributed by atoms with Gasteiger partial charge in [0.05, 0.1) is 0 Å². The number of alkyl halides is 6. The molecule has 0 spiro atoms. The summed E-state index contributed by atoms with van der Waals surface area (Å²) in [6.07, 6.45) is -7.89. The molecule has 0 aliphatic carbocycles. The number of halogens is 6. The van der Waals surface area contributed by atoms with Crippen LogP contribution < -0.4 is 9.47 Å². The summed E-state index contributed by atoms with van der Waals surface area (Å²) in [7, 11) is 0. The maximum Gasteiger partial charge on any atom is 0.411 e. The first-order chi connectivity index (χ1) is 16.6. The van der Waals surface area contributed by atoms with Crippen LogP contribution in [0.5, 0.6) is 11.5 Å². The van der Waals surface area contributed by atoms with E-state index in [-0.39, 0.29) is 11.5 Å². The van der Waals surface area contributed by atoms with Crippen molar-refractivity contribution >= 4 is 0 Å². The molecule has 0 saturated heterocycles. The van der Waals surface area contributed by atoms with Crippen LogP contribution in [0.15, 0.2) is 48.5 Å². The molecule has 1 unspecified atom stereocenters. The Bertz CT molecular complexity index is 946. The van der Waals surface area contributed by atoms with Gasteiger partial charge in [-0.25, -0.2) is 0 Å². The summed E-state index contributed by atoms with van der Waals surface area (Å²) in [6, 6.07) is 8.10. The van der Waals surface area contributed by atoms with E-state index in [0.717, 1.165) is 30.7 Å². The summed E-state index contributed by atoms with van der Waals surface area (Å²) < 4.78 is 98.6. The molecule has 0 fully saturated rings. The van der Waals surface area contributed by atoms with E-state index in [1.54, 1.807) is 0 Å². The normalized spacial score (nSPS) is 14.9. The second-order valence-corrected chi connectivity index (χ2v) is 9.71. The lowest BCUT2D eigenvalue weighted by Gasteiger charge is -2.38. The first kappa shape index (κ1) is 29.8. The minimum atomic E-state index is -5.66. The van der Waals surface area contributed by atoms with Crippen molar-refractivity contribution < 1.29 is 35.8 Å². The second kappa shape index (κ2) is 10.9. The molecule has 0 N–H and O–H groups in total. The number of hydrogen-bond acceptors (Lipinski definition) is 2. The monoisotopic (exact) mass is 518 g/mol. The fourth-order valence-electron chi connectivity index (χ4n) is 4.32. The van der Waals surface area contributed by atoms with Gasteiger partial charge in [-0.15, -0.1) is 0 Å². The Hall–Kier alpha value is -2.38. The molecule has 0 heterocycles. The number of hydrogen-bond donors (Lipinski definition) is 0. The molecule has 8 heteroatoms. The molecule has 2 nitrogen and oxygen atoms in total. The van der Waals surface area contributed by atoms with E-state index in [1.807, 2.05) is 41.5 Å². The molecule has 1 atom stereocenters. The smallest absolute Gasteiger partial charge is 0.411 e. The molecule has 0 saturated carbocycles. The number of ether oxygens (including phenoxy) is 2. The van der Waals surface area contributed by atoms with Gasteiger partial charge in [0.15, 0.2) is 0 Å². The van der Waals surface area contributed by atoms with Gasteiger partial charge in [0.25, 0.3) is 0 Å². The summed E-state index contributed by atoms with van der Waals surface area (Å²) in [4.78, 5) is 0. The van der Waals surface area contributed by atoms with Gasteiger partial charge in [-0.1, -0.05) is 58.4 Å². The van der Waals surface area contributed by atoms with Gasteiger partial charge in [-0.05, 0) is 74.9 Å². The first-order valence-corrected chi connectivity index (χ1v) is 12.3. The lowest BCUT2D eigenvalue weighted by Crippen LogP contribution is -2.54. The van der Waals surface area contributed by atoms with Crippen molar-refractivity contribution in [1.82, 2.24) is 0 Å². The van der Waals surface area contributed by atoms with Gasteiger partial charge in [-0.3, -0.25) is 0 Å². The van der Waals surface area contributed by atoms with Crippen molar-refractivity contribution in [1.29, 1.82) is 0 Å². The highest BCUT2D eigenvalue weighted by Gasteiger charge is 2.72. The van der Waals surface area contributed by atoms with Crippen molar-refractivity contribution in [3.8, 4) is 11.5 Å². The topological polar surface area (TPSA) is 18.5 Å². The van der Waals surface area contributed by atoms with E-state index >= 15 is 0 Å². The molecular formula is C28H36F6O2. The molecule has 2 rings (SSSR count). The minimum Gasteiger partial charge on any atom is -0.488 e. The molecule has 202 valence electrons. The van der Waals surface area contributed by atoms with E-state index in [1.165, 1.54) is 24.3 Å². The fraction of sp³-hybridized carbons (Fsp3) is 0.571. The Labute approximate surface area is 210 Å². The van der Waals surface area contributed by atoms with E-state index in [0.29, 0.717) is 25.7 Å². The third-order valence-electron chi connectivity index (χ3n) is 7.18. The standard InChI is InChI=1S/C28H36F6O2/c1-7-19-25(6,10-4)36-23-17-13-21(14-18-23)26(27(29,30)31,28(32,33)34)20-11-15-22(16-12-20)35-24(5,8-2)9-3/h11-18H,7-10,19H2,1-6H3. The van der Waals surface area contributed by atoms with E-state index < -0.39 is 40.1 Å². The maximum absolute atomic E-state index is 14.5. The van der Waals surface area contributed by atoms with Gasteiger partial charge in [0.2, 0.25) is 5.41 Å². The summed E-state index contributed by atoms with van der Waals surface area (Å²) in [5, 5.41) is 0. The zero-order chi connectivity index (χ0) is 27.4. The van der Waals surface area contributed by atoms with Gasteiger partial charge in [0.1, 0.15) is 22.7 Å². The van der Waals surface area contributed by atoms with Crippen LogP contribution in [0.25, 0.3) is 0 Å². The van der Waals surface area contributed by atoms with Crippen LogP contribution >= 0.6 is 0 Å². The van der Waals surface area contributed by atoms with Gasteiger partial charge >= 0.3 is 12.4 Å². The predicted octanol–water partition coefficient (Wildman–Crippen LogP) is 9.40. The Morgan fingerprint density at radius 3 is 1.17 bits per heavy atom. The SMILES string of the molecule is CCCC(C)(CC)Oc1ccc(C(c2ccc(OC(C)(CC)CC)cc2)(C(F)(F)F)C(F)(F)F)cc1. The van der Waals surface area contributed by atoms with Crippen molar-refractivity contribution in [3.05, 3.63) is 59.7 Å². The van der Waals surface area contributed by atoms with E-state index in [4.69, 9.17) is 9.47 Å². The highest BCUT2D eigenvalue weighted by Crippen LogP contribution is 2.56. The summed E-state index contributed by atoms with van der Waals surface area (Å²) in [5.74, 6) is 0.429. The molecular weight excluding hydrogens is 482 g/mol. The highest BCUT2D eigenvalue weighted by molar-refractivity contribution is 5.47. The average molecular weight is 519 g/mol. The molecule has 0 aliphatic heterocycles. The Morgan fingerprint density at radius 2 is 0.889 bits per heavy atom. The van der Waals surface area contributed by atoms with Crippen molar-refractivity contribution in [2.75, 3.05) is 0 Å². The van der Waals surface area contributed by atoms with Crippen LogP contribution in [-0.2, 0) is 5.41 Å². The molecule has 2 aromatic rings. The quantitative estimate of drug-likeness (QED) is 0.276. The van der Waals surface area contributed by atoms with Crippen molar-refractivity contribution in [2.24, 2.45) is 0 Å². The molecule has 0 radical (unpaired) electrons. The largest absolute Gasteiger partial charge is 0.488 e. The number of rotatable bonds is 11. The molecule has 0 aromatic heterocycles. The Balaban J connectivity index is 2.59. The van der Waals surface area contributed by atoms with E-state index in [9.17, 15) is 26.3 Å². The third kappa shape index (κ3) is 5.94. The lowest BCUT2D eigenvalue weighted by molar-refractivity contribution is -0.288. The van der Waals surface area contributed by atoms with Crippen LogP contribution in [-0.4, -0.2) is 23.6 Å². The van der Waals surface area contributed by atoms with E-state index in [2.05, 4.69) is 0 Å². The average Bonchev–Trinajstić information content (AvgIpc) is 2.80. The summed E-state index contributed by atoms with van der Waals surface area (Å²) in [6.45, 7) is 11.4. The van der Waals surface area contributed by atoms with Crippen LogP contribution in [0.1, 0.15) is 84.8 Å². The minimum absolute atomic E-state index is 0.210. The lowest BCUT2D eigenvalue weighted by atomic mass is 9.73. The van der Waals surface area contributed by atoms with Gasteiger partial charge < -0.3 is 9.47 Å². The third-order valence-corrected chi connectivity index (χ3v) is 7.18. The highest BCUT2D eigenvalue weighted by atomic mass is 19.4. The Kier molecular flexibility index (Phi) is 9.06. The zero-order valence-electron chi connectivity index (χ0n) is 21.7. The molecule has 0 bridgehead atoms. The number of benzene rings is 2. The van der Waals surface area contributed by atoms with Crippen LogP contribution in [0.4, 0.5) is 26.3 Å². The molecule has 0 amide bonds. The Morgan fingerprint density at radius 1 is 0.556 bits per heavy atom.